The van der Waals surface area contributed by atoms with E-state index in [-0.39, 0.29) is 0 Å². The summed E-state index contributed by atoms with van der Waals surface area (Å²) in [6, 6.07) is 48.7. The van der Waals surface area contributed by atoms with E-state index in [1.165, 1.54) is 0 Å². The lowest BCUT2D eigenvalue weighted by atomic mass is 9.92. The lowest BCUT2D eigenvalue weighted by Gasteiger charge is -2.14. The van der Waals surface area contributed by atoms with Gasteiger partial charge in [0.05, 0.1) is 5.52 Å². The van der Waals surface area contributed by atoms with E-state index in [2.05, 4.69) is 124 Å². The van der Waals surface area contributed by atoms with Crippen LogP contribution in [0.5, 0.6) is 0 Å². The van der Waals surface area contributed by atoms with Crippen LogP contribution in [0.2, 0.25) is 0 Å². The van der Waals surface area contributed by atoms with E-state index in [0.29, 0.717) is 0 Å². The molecule has 0 aliphatic heterocycles. The SMILES string of the molecule is c1ccc(-c2nnc3c4ccccc4c4cc(-c5ccccc5-c5cccc6c5oc5ccccc56)ccc4n23)cc1. The summed E-state index contributed by atoms with van der Waals surface area (Å²) in [5.74, 6) is 0.839. The first-order valence-corrected chi connectivity index (χ1v) is 14.1. The van der Waals surface area contributed by atoms with Crippen molar-refractivity contribution in [3.63, 3.8) is 0 Å². The van der Waals surface area contributed by atoms with Crippen LogP contribution in [-0.4, -0.2) is 14.6 Å². The Morgan fingerprint density at radius 3 is 2.02 bits per heavy atom. The average molecular weight is 538 g/mol. The third kappa shape index (κ3) is 3.29. The van der Waals surface area contributed by atoms with E-state index in [9.17, 15) is 0 Å². The molecule has 0 saturated heterocycles. The van der Waals surface area contributed by atoms with Gasteiger partial charge in [0.15, 0.2) is 11.5 Å². The summed E-state index contributed by atoms with van der Waals surface area (Å²) < 4.78 is 8.63. The van der Waals surface area contributed by atoms with Crippen LogP contribution in [0.25, 0.3) is 82.9 Å². The molecule has 0 amide bonds. The smallest absolute Gasteiger partial charge is 0.169 e. The van der Waals surface area contributed by atoms with E-state index >= 15 is 0 Å². The molecule has 0 bridgehead atoms. The van der Waals surface area contributed by atoms with Gasteiger partial charge in [-0.2, -0.15) is 0 Å². The fourth-order valence-corrected chi connectivity index (χ4v) is 6.42. The molecule has 0 N–H and O–H groups in total. The Hall–Kier alpha value is -5.74. The summed E-state index contributed by atoms with van der Waals surface area (Å²) in [5.41, 5.74) is 9.32. The number of hydrogen-bond donors (Lipinski definition) is 0. The Kier molecular flexibility index (Phi) is 4.87. The number of fused-ring (bicyclic) bond motifs is 9. The molecule has 0 fully saturated rings. The molecule has 3 aromatic heterocycles. The van der Waals surface area contributed by atoms with Crippen molar-refractivity contribution in [3.05, 3.63) is 140 Å². The molecule has 196 valence electrons. The number of aromatic nitrogens is 3. The normalized spacial score (nSPS) is 11.8. The average Bonchev–Trinajstić information content (AvgIpc) is 3.68. The van der Waals surface area contributed by atoms with Crippen molar-refractivity contribution in [2.45, 2.75) is 0 Å². The number of hydrogen-bond acceptors (Lipinski definition) is 3. The highest BCUT2D eigenvalue weighted by Gasteiger charge is 2.18. The molecular weight excluding hydrogens is 514 g/mol. The van der Waals surface area contributed by atoms with Gasteiger partial charge in [-0.3, -0.25) is 4.40 Å². The first-order valence-electron chi connectivity index (χ1n) is 14.1. The number of para-hydroxylation sites is 2. The molecule has 0 aliphatic rings. The predicted molar refractivity (Wildman–Crippen MR) is 172 cm³/mol. The molecule has 6 aromatic carbocycles. The van der Waals surface area contributed by atoms with Gasteiger partial charge in [0.25, 0.3) is 0 Å². The van der Waals surface area contributed by atoms with Gasteiger partial charge in [-0.15, -0.1) is 10.2 Å². The minimum Gasteiger partial charge on any atom is -0.455 e. The van der Waals surface area contributed by atoms with Gasteiger partial charge in [0, 0.05) is 32.7 Å². The Labute approximate surface area is 241 Å². The highest BCUT2D eigenvalue weighted by molar-refractivity contribution is 6.14. The second-order valence-electron chi connectivity index (χ2n) is 10.7. The maximum atomic E-state index is 6.43. The van der Waals surface area contributed by atoms with Crippen LogP contribution in [0, 0.1) is 0 Å². The van der Waals surface area contributed by atoms with E-state index in [1.54, 1.807) is 0 Å². The molecule has 9 aromatic rings. The Balaban J connectivity index is 1.32. The Bertz CT molecular complexity index is 2470. The number of benzene rings is 6. The lowest BCUT2D eigenvalue weighted by Crippen LogP contribution is -1.95. The van der Waals surface area contributed by atoms with Crippen molar-refractivity contribution in [3.8, 4) is 33.6 Å². The number of pyridine rings is 1. The minimum atomic E-state index is 0.839. The standard InChI is InChI=1S/C38H23N3O/c1-2-11-24(12-3-1)37-39-40-38-32-17-7-6-15-28(32)33-23-25(21-22-34(33)41(37)38)26-13-4-5-14-27(26)30-18-10-19-31-29-16-8-9-20-35(29)42-36(30)31/h1-23H. The maximum absolute atomic E-state index is 6.43. The largest absolute Gasteiger partial charge is 0.455 e. The Morgan fingerprint density at radius 1 is 0.452 bits per heavy atom. The summed E-state index contributed by atoms with van der Waals surface area (Å²) in [6.07, 6.45) is 0. The number of nitrogens with zero attached hydrogens (tertiary/aromatic N) is 3. The van der Waals surface area contributed by atoms with Gasteiger partial charge in [-0.25, -0.2) is 0 Å². The van der Waals surface area contributed by atoms with Crippen LogP contribution in [0.15, 0.2) is 144 Å². The lowest BCUT2D eigenvalue weighted by molar-refractivity contribution is 0.670. The monoisotopic (exact) mass is 537 g/mol. The molecule has 0 aliphatic carbocycles. The molecule has 9 rings (SSSR count). The van der Waals surface area contributed by atoms with Crippen molar-refractivity contribution in [1.82, 2.24) is 14.6 Å². The number of rotatable bonds is 3. The Morgan fingerprint density at radius 2 is 1.14 bits per heavy atom. The van der Waals surface area contributed by atoms with Crippen LogP contribution >= 0.6 is 0 Å². The molecule has 42 heavy (non-hydrogen) atoms. The second-order valence-corrected chi connectivity index (χ2v) is 10.7. The molecule has 0 saturated carbocycles. The van der Waals surface area contributed by atoms with Gasteiger partial charge in [0.1, 0.15) is 11.2 Å². The van der Waals surface area contributed by atoms with Crippen LogP contribution in [-0.2, 0) is 0 Å². The van der Waals surface area contributed by atoms with Crippen LogP contribution in [0.4, 0.5) is 0 Å². The maximum Gasteiger partial charge on any atom is 0.169 e. The summed E-state index contributed by atoms with van der Waals surface area (Å²) in [7, 11) is 0. The van der Waals surface area contributed by atoms with Crippen molar-refractivity contribution < 1.29 is 4.42 Å². The van der Waals surface area contributed by atoms with Crippen LogP contribution in [0.3, 0.4) is 0 Å². The first-order chi connectivity index (χ1) is 20.8. The summed E-state index contributed by atoms with van der Waals surface area (Å²) >= 11 is 0. The minimum absolute atomic E-state index is 0.839. The zero-order chi connectivity index (χ0) is 27.6. The van der Waals surface area contributed by atoms with Crippen LogP contribution < -0.4 is 0 Å². The molecule has 3 heterocycles. The topological polar surface area (TPSA) is 43.3 Å². The molecular formula is C38H23N3O. The van der Waals surface area contributed by atoms with Crippen molar-refractivity contribution in [2.24, 2.45) is 0 Å². The van der Waals surface area contributed by atoms with Gasteiger partial charge >= 0.3 is 0 Å². The van der Waals surface area contributed by atoms with Crippen molar-refractivity contribution in [1.29, 1.82) is 0 Å². The summed E-state index contributed by atoms with van der Waals surface area (Å²) in [6.45, 7) is 0. The molecule has 4 nitrogen and oxygen atoms in total. The van der Waals surface area contributed by atoms with E-state index in [0.717, 1.165) is 82.9 Å². The zero-order valence-electron chi connectivity index (χ0n) is 22.5. The van der Waals surface area contributed by atoms with Gasteiger partial charge in [-0.05, 0) is 40.3 Å². The summed E-state index contributed by atoms with van der Waals surface area (Å²) in [5, 5.41) is 15.0. The van der Waals surface area contributed by atoms with Gasteiger partial charge in [0.2, 0.25) is 0 Å². The fraction of sp³-hybridized carbons (Fsp3) is 0. The highest BCUT2D eigenvalue weighted by Crippen LogP contribution is 2.41. The second kappa shape index (κ2) is 8.88. The van der Waals surface area contributed by atoms with Gasteiger partial charge in [-0.1, -0.05) is 121 Å². The quantitative estimate of drug-likeness (QED) is 0.211. The van der Waals surface area contributed by atoms with Crippen LogP contribution in [0.1, 0.15) is 0 Å². The third-order valence-electron chi connectivity index (χ3n) is 8.32. The van der Waals surface area contributed by atoms with Crippen molar-refractivity contribution >= 4 is 49.3 Å². The molecule has 0 atom stereocenters. The highest BCUT2D eigenvalue weighted by atomic mass is 16.3. The van der Waals surface area contributed by atoms with E-state index < -0.39 is 0 Å². The molecule has 0 unspecified atom stereocenters. The van der Waals surface area contributed by atoms with E-state index in [4.69, 9.17) is 4.42 Å². The fourth-order valence-electron chi connectivity index (χ4n) is 6.42. The number of furan rings is 1. The van der Waals surface area contributed by atoms with Crippen molar-refractivity contribution in [2.75, 3.05) is 0 Å². The van der Waals surface area contributed by atoms with E-state index in [1.807, 2.05) is 30.3 Å². The predicted octanol–water partition coefficient (Wildman–Crippen LogP) is 9.94. The molecule has 0 spiro atoms. The summed E-state index contributed by atoms with van der Waals surface area (Å²) in [4.78, 5) is 0. The molecule has 0 radical (unpaired) electrons. The van der Waals surface area contributed by atoms with Gasteiger partial charge < -0.3 is 4.42 Å². The first kappa shape index (κ1) is 23.0. The molecule has 4 heteroatoms. The zero-order valence-corrected chi connectivity index (χ0v) is 22.5. The third-order valence-corrected chi connectivity index (χ3v) is 8.32.